The number of rotatable bonds is 7. The number of ether oxygens (including phenoxy) is 2. The fraction of sp³-hybridized carbons (Fsp3) is 0.241. The van der Waals surface area contributed by atoms with Gasteiger partial charge in [0.1, 0.15) is 18.1 Å². The van der Waals surface area contributed by atoms with Crippen molar-refractivity contribution in [3.8, 4) is 34.2 Å². The Balaban J connectivity index is 1.35. The van der Waals surface area contributed by atoms with E-state index >= 15 is 0 Å². The van der Waals surface area contributed by atoms with E-state index in [-0.39, 0.29) is 5.92 Å². The standard InChI is InChI=1S/C29H27N5O5/c1-37-22-9-7-19(8-10-22)18-38-27-16-25(21-11-13-33(14-12-21)29(35)36)34-28(31-27)23(17-30-34)26-15-24(32-39-26)20-5-3-2-4-6-20/h2-10,15-17,21H,11-14,18H2,1H3,(H,35,36). The molecule has 1 aliphatic rings. The Hall–Kier alpha value is -4.86. The molecule has 0 radical (unpaired) electrons. The van der Waals surface area contributed by atoms with Crippen LogP contribution < -0.4 is 9.47 Å². The highest BCUT2D eigenvalue weighted by Gasteiger charge is 2.27. The molecule has 0 aliphatic carbocycles. The van der Waals surface area contributed by atoms with E-state index in [1.165, 1.54) is 4.90 Å². The van der Waals surface area contributed by atoms with Crippen molar-refractivity contribution in [2.75, 3.05) is 20.2 Å². The lowest BCUT2D eigenvalue weighted by Gasteiger charge is -2.30. The average Bonchev–Trinajstić information content (AvgIpc) is 3.64. The SMILES string of the molecule is COc1ccc(COc2cc(C3CCN(C(=O)O)CC3)n3ncc(-c4cc(-c5ccccc5)no4)c3n2)cc1. The molecule has 1 aliphatic heterocycles. The highest BCUT2D eigenvalue weighted by atomic mass is 16.5. The minimum Gasteiger partial charge on any atom is -0.497 e. The first-order valence-electron chi connectivity index (χ1n) is 12.7. The van der Waals surface area contributed by atoms with Gasteiger partial charge in [-0.3, -0.25) is 0 Å². The van der Waals surface area contributed by atoms with E-state index in [0.717, 1.165) is 28.3 Å². The van der Waals surface area contributed by atoms with Gasteiger partial charge >= 0.3 is 6.09 Å². The van der Waals surface area contributed by atoms with Crippen LogP contribution in [-0.2, 0) is 6.61 Å². The molecule has 39 heavy (non-hydrogen) atoms. The summed E-state index contributed by atoms with van der Waals surface area (Å²) in [7, 11) is 1.63. The Bertz CT molecular complexity index is 1590. The summed E-state index contributed by atoms with van der Waals surface area (Å²) in [6.07, 6.45) is 2.19. The van der Waals surface area contributed by atoms with Crippen LogP contribution >= 0.6 is 0 Å². The number of likely N-dealkylation sites (tertiary alicyclic amines) is 1. The molecule has 10 heteroatoms. The minimum absolute atomic E-state index is 0.0943. The molecule has 2 aromatic carbocycles. The number of methoxy groups -OCH3 is 1. The Morgan fingerprint density at radius 3 is 2.56 bits per heavy atom. The van der Waals surface area contributed by atoms with Crippen LogP contribution in [0.1, 0.15) is 30.0 Å². The smallest absolute Gasteiger partial charge is 0.407 e. The van der Waals surface area contributed by atoms with E-state index in [0.29, 0.717) is 55.4 Å². The lowest BCUT2D eigenvalue weighted by molar-refractivity contribution is 0.131. The number of hydrogen-bond acceptors (Lipinski definition) is 7. The summed E-state index contributed by atoms with van der Waals surface area (Å²) in [6.45, 7) is 1.25. The van der Waals surface area contributed by atoms with E-state index in [9.17, 15) is 9.90 Å². The highest BCUT2D eigenvalue weighted by Crippen LogP contribution is 2.34. The van der Waals surface area contributed by atoms with E-state index in [4.69, 9.17) is 19.0 Å². The van der Waals surface area contributed by atoms with Crippen LogP contribution in [0.5, 0.6) is 11.6 Å². The molecular formula is C29H27N5O5. The summed E-state index contributed by atoms with van der Waals surface area (Å²) in [5, 5.41) is 18.3. The Morgan fingerprint density at radius 2 is 1.85 bits per heavy atom. The molecule has 1 fully saturated rings. The van der Waals surface area contributed by atoms with Gasteiger partial charge in [0, 0.05) is 36.7 Å². The van der Waals surface area contributed by atoms with Gasteiger partial charge in [-0.15, -0.1) is 0 Å². The maximum atomic E-state index is 11.4. The van der Waals surface area contributed by atoms with Gasteiger partial charge in [0.2, 0.25) is 5.88 Å². The van der Waals surface area contributed by atoms with Crippen molar-refractivity contribution in [3.63, 3.8) is 0 Å². The van der Waals surface area contributed by atoms with Crippen LogP contribution in [0, 0.1) is 0 Å². The van der Waals surface area contributed by atoms with Crippen LogP contribution in [-0.4, -0.2) is 56.1 Å². The average molecular weight is 526 g/mol. The predicted molar refractivity (Wildman–Crippen MR) is 143 cm³/mol. The first-order valence-corrected chi connectivity index (χ1v) is 12.7. The number of nitrogens with zero attached hydrogens (tertiary/aromatic N) is 5. The highest BCUT2D eigenvalue weighted by molar-refractivity contribution is 5.76. The largest absolute Gasteiger partial charge is 0.497 e. The van der Waals surface area contributed by atoms with E-state index in [2.05, 4.69) is 10.3 Å². The van der Waals surface area contributed by atoms with Crippen molar-refractivity contribution in [1.82, 2.24) is 24.7 Å². The molecule has 0 unspecified atom stereocenters. The van der Waals surface area contributed by atoms with Gasteiger partial charge < -0.3 is 24.0 Å². The molecule has 0 spiro atoms. The number of piperidine rings is 1. The third kappa shape index (κ3) is 5.00. The van der Waals surface area contributed by atoms with Crippen molar-refractivity contribution in [3.05, 3.63) is 84.2 Å². The maximum absolute atomic E-state index is 11.4. The molecule has 10 nitrogen and oxygen atoms in total. The molecule has 5 aromatic rings. The summed E-state index contributed by atoms with van der Waals surface area (Å²) in [6, 6.07) is 21.3. The van der Waals surface area contributed by atoms with Crippen molar-refractivity contribution in [1.29, 1.82) is 0 Å². The fourth-order valence-electron chi connectivity index (χ4n) is 4.89. The number of hydrogen-bond donors (Lipinski definition) is 1. The van der Waals surface area contributed by atoms with Gasteiger partial charge in [-0.2, -0.15) is 10.1 Å². The first-order chi connectivity index (χ1) is 19.1. The summed E-state index contributed by atoms with van der Waals surface area (Å²) in [5.74, 6) is 1.88. The van der Waals surface area contributed by atoms with E-state index in [1.54, 1.807) is 17.8 Å². The summed E-state index contributed by atoms with van der Waals surface area (Å²) >= 11 is 0. The molecule has 0 saturated carbocycles. The third-order valence-corrected chi connectivity index (χ3v) is 7.05. The molecule has 1 amide bonds. The fourth-order valence-corrected chi connectivity index (χ4v) is 4.89. The molecule has 198 valence electrons. The molecule has 4 heterocycles. The summed E-state index contributed by atoms with van der Waals surface area (Å²) in [4.78, 5) is 17.7. The van der Waals surface area contributed by atoms with Gasteiger partial charge in [-0.1, -0.05) is 47.6 Å². The predicted octanol–water partition coefficient (Wildman–Crippen LogP) is 5.50. The molecular weight excluding hydrogens is 498 g/mol. The lowest BCUT2D eigenvalue weighted by atomic mass is 9.93. The molecule has 6 rings (SSSR count). The number of aromatic nitrogens is 4. The van der Waals surface area contributed by atoms with Crippen LogP contribution in [0.2, 0.25) is 0 Å². The van der Waals surface area contributed by atoms with Gasteiger partial charge in [-0.25, -0.2) is 9.31 Å². The van der Waals surface area contributed by atoms with Gasteiger partial charge in [-0.05, 0) is 30.5 Å². The molecule has 0 bridgehead atoms. The van der Waals surface area contributed by atoms with Gasteiger partial charge in [0.05, 0.1) is 24.6 Å². The number of fused-ring (bicyclic) bond motifs is 1. The van der Waals surface area contributed by atoms with Crippen LogP contribution in [0.3, 0.4) is 0 Å². The second kappa shape index (κ2) is 10.5. The van der Waals surface area contributed by atoms with Crippen LogP contribution in [0.15, 0.2) is 77.4 Å². The quantitative estimate of drug-likeness (QED) is 0.296. The number of amides is 1. The van der Waals surface area contributed by atoms with Crippen molar-refractivity contribution < 1.29 is 23.9 Å². The Labute approximate surface area is 224 Å². The lowest BCUT2D eigenvalue weighted by Crippen LogP contribution is -2.37. The topological polar surface area (TPSA) is 115 Å². The zero-order valence-corrected chi connectivity index (χ0v) is 21.4. The number of carboxylic acid groups (broad SMARTS) is 1. The first kappa shape index (κ1) is 24.5. The van der Waals surface area contributed by atoms with Gasteiger partial charge in [0.15, 0.2) is 11.4 Å². The monoisotopic (exact) mass is 525 g/mol. The minimum atomic E-state index is -0.891. The van der Waals surface area contributed by atoms with Gasteiger partial charge in [0.25, 0.3) is 0 Å². The van der Waals surface area contributed by atoms with E-state index < -0.39 is 6.09 Å². The molecule has 1 saturated heterocycles. The van der Waals surface area contributed by atoms with E-state index in [1.807, 2.05) is 66.7 Å². The van der Waals surface area contributed by atoms with Crippen molar-refractivity contribution >= 4 is 11.7 Å². The van der Waals surface area contributed by atoms with Crippen molar-refractivity contribution in [2.24, 2.45) is 0 Å². The Morgan fingerprint density at radius 1 is 1.08 bits per heavy atom. The molecule has 1 N–H and O–H groups in total. The summed E-state index contributed by atoms with van der Waals surface area (Å²) < 4.78 is 18.9. The third-order valence-electron chi connectivity index (χ3n) is 7.05. The Kier molecular flexibility index (Phi) is 6.58. The number of carbonyl (C=O) groups is 1. The molecule has 0 atom stereocenters. The summed E-state index contributed by atoms with van der Waals surface area (Å²) in [5.41, 5.74) is 4.86. The normalized spacial score (nSPS) is 14.0. The number of benzene rings is 2. The zero-order valence-electron chi connectivity index (χ0n) is 21.4. The molecule has 3 aromatic heterocycles. The second-order valence-electron chi connectivity index (χ2n) is 9.44. The second-order valence-corrected chi connectivity index (χ2v) is 9.44. The van der Waals surface area contributed by atoms with Crippen LogP contribution in [0.25, 0.3) is 28.2 Å². The van der Waals surface area contributed by atoms with Crippen LogP contribution in [0.4, 0.5) is 4.79 Å². The van der Waals surface area contributed by atoms with Crippen molar-refractivity contribution in [2.45, 2.75) is 25.4 Å². The zero-order chi connectivity index (χ0) is 26.8. The maximum Gasteiger partial charge on any atom is 0.407 e.